The molecule has 0 aromatic carbocycles. The lowest BCUT2D eigenvalue weighted by Gasteiger charge is -2.40. The Bertz CT molecular complexity index is 768. The van der Waals surface area contributed by atoms with Gasteiger partial charge in [0.2, 0.25) is 5.91 Å². The van der Waals surface area contributed by atoms with Crippen LogP contribution in [-0.2, 0) is 9.53 Å². The molecule has 1 saturated carbocycles. The molecule has 2 saturated heterocycles. The Morgan fingerprint density at radius 3 is 2.55 bits per heavy atom. The molecule has 0 bridgehead atoms. The molecular weight excluding hydrogens is 396 g/mol. The van der Waals surface area contributed by atoms with Gasteiger partial charge in [0, 0.05) is 25.7 Å². The molecule has 31 heavy (non-hydrogen) atoms. The fraction of sp³-hybridized carbons (Fsp3) is 0.696. The average molecular weight is 431 g/mol. The third-order valence-electron chi connectivity index (χ3n) is 7.13. The fourth-order valence-corrected chi connectivity index (χ4v) is 5.19. The fourth-order valence-electron chi connectivity index (χ4n) is 5.19. The summed E-state index contributed by atoms with van der Waals surface area (Å²) < 4.78 is 5.03. The number of rotatable bonds is 5. The van der Waals surface area contributed by atoms with E-state index < -0.39 is 6.09 Å². The number of aliphatic hydroxyl groups is 1. The van der Waals surface area contributed by atoms with Crippen molar-refractivity contribution in [1.29, 1.82) is 0 Å². The molecule has 4 rings (SSSR count). The number of nitrogens with one attached hydrogen (secondary N) is 1. The minimum Gasteiger partial charge on any atom is -0.449 e. The van der Waals surface area contributed by atoms with E-state index in [9.17, 15) is 14.7 Å². The number of piperidine rings is 1. The maximum atomic E-state index is 13.3. The standard InChI is InChI=1S/C23H34N4O4/c1-2-15-31-22(30)25-17-3-8-20(24-16-17)26-12-9-23(10-13-26)11-14-27(21(23)29)18-4-6-19(28)7-5-18/h3,8,16,18-19,28H,2,4-7,9-15H2,1H3,(H,25,30)/t18-,19+. The number of carbonyl (C=O) groups excluding carboxylic acids is 2. The molecule has 1 aliphatic carbocycles. The van der Waals surface area contributed by atoms with Crippen LogP contribution in [0.1, 0.15) is 58.3 Å². The van der Waals surface area contributed by atoms with E-state index in [1.165, 1.54) is 0 Å². The second kappa shape index (κ2) is 9.42. The van der Waals surface area contributed by atoms with Gasteiger partial charge in [-0.15, -0.1) is 0 Å². The van der Waals surface area contributed by atoms with Crippen LogP contribution in [0, 0.1) is 5.41 Å². The van der Waals surface area contributed by atoms with Gasteiger partial charge in [-0.2, -0.15) is 0 Å². The van der Waals surface area contributed by atoms with Crippen LogP contribution in [0.3, 0.4) is 0 Å². The number of pyridine rings is 1. The van der Waals surface area contributed by atoms with E-state index >= 15 is 0 Å². The largest absolute Gasteiger partial charge is 0.449 e. The summed E-state index contributed by atoms with van der Waals surface area (Å²) in [5, 5.41) is 12.5. The molecule has 8 heteroatoms. The van der Waals surface area contributed by atoms with Gasteiger partial charge in [0.1, 0.15) is 5.82 Å². The summed E-state index contributed by atoms with van der Waals surface area (Å²) >= 11 is 0. The summed E-state index contributed by atoms with van der Waals surface area (Å²) in [6.07, 6.45) is 7.87. The third-order valence-corrected chi connectivity index (χ3v) is 7.13. The summed E-state index contributed by atoms with van der Waals surface area (Å²) in [6, 6.07) is 4.04. The van der Waals surface area contributed by atoms with Gasteiger partial charge < -0.3 is 19.6 Å². The maximum Gasteiger partial charge on any atom is 0.411 e. The van der Waals surface area contributed by atoms with Crippen LogP contribution < -0.4 is 10.2 Å². The van der Waals surface area contributed by atoms with Crippen molar-refractivity contribution in [3.05, 3.63) is 18.3 Å². The van der Waals surface area contributed by atoms with Gasteiger partial charge in [-0.3, -0.25) is 10.1 Å². The molecule has 2 amide bonds. The van der Waals surface area contributed by atoms with Gasteiger partial charge in [-0.1, -0.05) is 6.92 Å². The van der Waals surface area contributed by atoms with E-state index in [1.807, 2.05) is 19.1 Å². The molecule has 3 aliphatic rings. The first kappa shape index (κ1) is 21.9. The lowest BCUT2D eigenvalue weighted by molar-refractivity contribution is -0.139. The normalized spacial score (nSPS) is 25.7. The zero-order chi connectivity index (χ0) is 21.8. The van der Waals surface area contributed by atoms with Gasteiger partial charge in [-0.25, -0.2) is 9.78 Å². The Kier molecular flexibility index (Phi) is 6.65. The Morgan fingerprint density at radius 2 is 1.90 bits per heavy atom. The highest BCUT2D eigenvalue weighted by molar-refractivity contribution is 5.86. The van der Waals surface area contributed by atoms with Crippen LogP contribution in [0.15, 0.2) is 18.3 Å². The minimum absolute atomic E-state index is 0.192. The molecule has 2 aliphatic heterocycles. The Labute approximate surface area is 184 Å². The van der Waals surface area contributed by atoms with Crippen molar-refractivity contribution in [2.75, 3.05) is 36.5 Å². The number of carbonyl (C=O) groups is 2. The summed E-state index contributed by atoms with van der Waals surface area (Å²) in [5.74, 6) is 1.19. The molecule has 0 unspecified atom stereocenters. The van der Waals surface area contributed by atoms with E-state index in [0.29, 0.717) is 24.2 Å². The van der Waals surface area contributed by atoms with E-state index in [1.54, 1.807) is 6.20 Å². The Morgan fingerprint density at radius 1 is 1.19 bits per heavy atom. The van der Waals surface area contributed by atoms with Crippen molar-refractivity contribution in [3.8, 4) is 0 Å². The number of likely N-dealkylation sites (tertiary alicyclic amines) is 1. The molecule has 1 aromatic rings. The van der Waals surface area contributed by atoms with Gasteiger partial charge in [0.25, 0.3) is 0 Å². The first-order valence-electron chi connectivity index (χ1n) is 11.6. The molecule has 3 heterocycles. The third kappa shape index (κ3) is 4.79. The highest BCUT2D eigenvalue weighted by atomic mass is 16.5. The smallest absolute Gasteiger partial charge is 0.411 e. The molecule has 2 N–H and O–H groups in total. The van der Waals surface area contributed by atoms with Gasteiger partial charge >= 0.3 is 6.09 Å². The van der Waals surface area contributed by atoms with Crippen LogP contribution in [0.5, 0.6) is 0 Å². The maximum absolute atomic E-state index is 13.3. The second-order valence-electron chi connectivity index (χ2n) is 9.14. The number of ether oxygens (including phenoxy) is 1. The molecule has 0 atom stereocenters. The number of nitrogens with zero attached hydrogens (tertiary/aromatic N) is 3. The topological polar surface area (TPSA) is 95.0 Å². The molecule has 0 radical (unpaired) electrons. The van der Waals surface area contributed by atoms with Crippen LogP contribution in [0.2, 0.25) is 0 Å². The van der Waals surface area contributed by atoms with Crippen LogP contribution in [-0.4, -0.2) is 65.4 Å². The molecule has 3 fully saturated rings. The first-order valence-corrected chi connectivity index (χ1v) is 11.6. The molecule has 1 aromatic heterocycles. The van der Waals surface area contributed by atoms with Crippen molar-refractivity contribution in [2.24, 2.45) is 5.41 Å². The summed E-state index contributed by atoms with van der Waals surface area (Å²) in [6.45, 7) is 4.81. The summed E-state index contributed by atoms with van der Waals surface area (Å²) in [5.41, 5.74) is 0.384. The molecular formula is C23H34N4O4. The average Bonchev–Trinajstić information content (AvgIpc) is 3.10. The van der Waals surface area contributed by atoms with Crippen molar-refractivity contribution < 1.29 is 19.4 Å². The van der Waals surface area contributed by atoms with Gasteiger partial charge in [-0.05, 0) is 63.5 Å². The lowest BCUT2D eigenvalue weighted by Crippen LogP contribution is -2.47. The summed E-state index contributed by atoms with van der Waals surface area (Å²) in [4.78, 5) is 33.8. The number of amides is 2. The van der Waals surface area contributed by atoms with Crippen molar-refractivity contribution >= 4 is 23.5 Å². The predicted octanol–water partition coefficient (Wildman–Crippen LogP) is 3.16. The van der Waals surface area contributed by atoms with E-state index in [0.717, 1.165) is 76.8 Å². The Hall–Kier alpha value is -2.35. The predicted molar refractivity (Wildman–Crippen MR) is 118 cm³/mol. The monoisotopic (exact) mass is 430 g/mol. The van der Waals surface area contributed by atoms with Crippen molar-refractivity contribution in [3.63, 3.8) is 0 Å². The number of anilines is 2. The number of hydrogen-bond acceptors (Lipinski definition) is 6. The number of hydrogen-bond donors (Lipinski definition) is 2. The summed E-state index contributed by atoms with van der Waals surface area (Å²) in [7, 11) is 0. The highest BCUT2D eigenvalue weighted by Crippen LogP contribution is 2.44. The minimum atomic E-state index is -0.465. The van der Waals surface area contributed by atoms with Gasteiger partial charge in [0.05, 0.1) is 30.0 Å². The quantitative estimate of drug-likeness (QED) is 0.745. The Balaban J connectivity index is 1.30. The first-order chi connectivity index (χ1) is 15.0. The van der Waals surface area contributed by atoms with Crippen LogP contribution in [0.25, 0.3) is 0 Å². The van der Waals surface area contributed by atoms with E-state index in [2.05, 4.69) is 20.1 Å². The van der Waals surface area contributed by atoms with Crippen LogP contribution >= 0.6 is 0 Å². The van der Waals surface area contributed by atoms with Crippen molar-refractivity contribution in [1.82, 2.24) is 9.88 Å². The SMILES string of the molecule is CCCOC(=O)Nc1ccc(N2CCC3(CC2)CCN([C@H]2CC[C@@H](O)CC2)C3=O)nc1. The van der Waals surface area contributed by atoms with Crippen LogP contribution in [0.4, 0.5) is 16.3 Å². The molecule has 170 valence electrons. The lowest BCUT2D eigenvalue weighted by atomic mass is 9.77. The molecule has 8 nitrogen and oxygen atoms in total. The zero-order valence-electron chi connectivity index (χ0n) is 18.4. The zero-order valence-corrected chi connectivity index (χ0v) is 18.4. The second-order valence-corrected chi connectivity index (χ2v) is 9.14. The number of aliphatic hydroxyl groups excluding tert-OH is 1. The highest BCUT2D eigenvalue weighted by Gasteiger charge is 2.50. The van der Waals surface area contributed by atoms with E-state index in [-0.39, 0.29) is 11.5 Å². The van der Waals surface area contributed by atoms with Crippen molar-refractivity contribution in [2.45, 2.75) is 70.4 Å². The van der Waals surface area contributed by atoms with Gasteiger partial charge in [0.15, 0.2) is 0 Å². The van der Waals surface area contributed by atoms with E-state index in [4.69, 9.17) is 4.74 Å². The number of aromatic nitrogens is 1. The molecule has 1 spiro atoms.